The number of hydrogen-bond donors (Lipinski definition) is 0. The Labute approximate surface area is 121 Å². The summed E-state index contributed by atoms with van der Waals surface area (Å²) in [6.45, 7) is 14.2. The fraction of sp³-hybridized carbons (Fsp3) is 1.00. The standard InChI is InChI=1S/C13H32NO3Si2/c1-6-15-14(16-7-2)12-11-13-18(14)19(9-4,10-5)17-8-3/h18H,6-13H2,1-5H3/q+1. The molecular weight excluding hydrogens is 274 g/mol. The minimum atomic E-state index is -1.66. The predicted molar refractivity (Wildman–Crippen MR) is 83.3 cm³/mol. The third-order valence-corrected chi connectivity index (χ3v) is 19.9. The molecule has 114 valence electrons. The molecule has 0 spiro atoms. The second-order valence-electron chi connectivity index (χ2n) is 5.15. The van der Waals surface area contributed by atoms with E-state index in [1.54, 1.807) is 0 Å². The maximum atomic E-state index is 6.38. The maximum absolute atomic E-state index is 6.38. The summed E-state index contributed by atoms with van der Waals surface area (Å²) >= 11 is 0. The first-order chi connectivity index (χ1) is 9.14. The summed E-state index contributed by atoms with van der Waals surface area (Å²) in [5, 5.41) is 0. The lowest BCUT2D eigenvalue weighted by Crippen LogP contribution is -2.68. The molecule has 0 N–H and O–H groups in total. The van der Waals surface area contributed by atoms with Gasteiger partial charge in [-0.05, 0) is 32.9 Å². The summed E-state index contributed by atoms with van der Waals surface area (Å²) in [7, 11) is -2.88. The van der Waals surface area contributed by atoms with Crippen molar-refractivity contribution < 1.29 is 18.6 Å². The van der Waals surface area contributed by atoms with Gasteiger partial charge in [0.15, 0.2) is 0 Å². The van der Waals surface area contributed by atoms with Crippen molar-refractivity contribution in [2.75, 3.05) is 26.4 Å². The van der Waals surface area contributed by atoms with Gasteiger partial charge in [-0.15, -0.1) is 0 Å². The van der Waals surface area contributed by atoms with Crippen molar-refractivity contribution in [1.29, 1.82) is 0 Å². The third-order valence-electron chi connectivity index (χ3n) is 4.35. The number of rotatable bonds is 9. The highest BCUT2D eigenvalue weighted by atomic mass is 29.2. The zero-order valence-electron chi connectivity index (χ0n) is 13.4. The highest BCUT2D eigenvalue weighted by molar-refractivity contribution is 7.27. The average Bonchev–Trinajstić information content (AvgIpc) is 2.81. The molecule has 1 fully saturated rings. The Morgan fingerprint density at radius 2 is 1.53 bits per heavy atom. The molecule has 0 aromatic carbocycles. The van der Waals surface area contributed by atoms with Crippen LogP contribution in [0.1, 0.15) is 41.0 Å². The Balaban J connectivity index is 3.04. The fourth-order valence-electron chi connectivity index (χ4n) is 3.57. The largest absolute Gasteiger partial charge is 0.413 e. The molecular formula is C13H32NO3Si2+. The van der Waals surface area contributed by atoms with Gasteiger partial charge in [-0.1, -0.05) is 18.3 Å². The Kier molecular flexibility index (Phi) is 7.20. The first-order valence-electron chi connectivity index (χ1n) is 7.95. The second-order valence-corrected chi connectivity index (χ2v) is 16.5. The molecule has 0 radical (unpaired) electrons. The molecule has 1 saturated heterocycles. The van der Waals surface area contributed by atoms with Crippen LogP contribution in [0.2, 0.25) is 18.1 Å². The lowest BCUT2D eigenvalue weighted by molar-refractivity contribution is -1.17. The summed E-state index contributed by atoms with van der Waals surface area (Å²) < 4.78 is 6.91. The van der Waals surface area contributed by atoms with Crippen LogP contribution in [0.25, 0.3) is 0 Å². The van der Waals surface area contributed by atoms with E-state index in [0.717, 1.165) is 26.4 Å². The van der Waals surface area contributed by atoms with Crippen LogP contribution in [0.15, 0.2) is 0 Å². The summed E-state index contributed by atoms with van der Waals surface area (Å²) in [5.74, 6) is 0. The molecule has 1 heterocycles. The van der Waals surface area contributed by atoms with Crippen LogP contribution < -0.4 is 0 Å². The van der Waals surface area contributed by atoms with E-state index < -0.39 is 16.3 Å². The van der Waals surface area contributed by atoms with Crippen LogP contribution >= 0.6 is 0 Å². The molecule has 0 bridgehead atoms. The summed E-state index contributed by atoms with van der Waals surface area (Å²) in [4.78, 5) is 12.3. The normalized spacial score (nSPS) is 22.9. The van der Waals surface area contributed by atoms with Crippen molar-refractivity contribution in [3.05, 3.63) is 0 Å². The molecule has 0 amide bonds. The quantitative estimate of drug-likeness (QED) is 0.613. The minimum Gasteiger partial charge on any atom is -0.413 e. The average molecular weight is 307 g/mol. The van der Waals surface area contributed by atoms with Crippen molar-refractivity contribution in [3.8, 4) is 0 Å². The second kappa shape index (κ2) is 7.90. The van der Waals surface area contributed by atoms with Gasteiger partial charge < -0.3 is 4.43 Å². The van der Waals surface area contributed by atoms with Crippen LogP contribution in [0.3, 0.4) is 0 Å². The molecule has 0 saturated carbocycles. The van der Waals surface area contributed by atoms with Crippen LogP contribution in [0.5, 0.6) is 0 Å². The van der Waals surface area contributed by atoms with Gasteiger partial charge in [0.05, 0.1) is 0 Å². The summed E-state index contributed by atoms with van der Waals surface area (Å²) in [6.07, 6.45) is 1.23. The Morgan fingerprint density at radius 1 is 0.947 bits per heavy atom. The summed E-state index contributed by atoms with van der Waals surface area (Å²) in [6, 6.07) is 3.72. The van der Waals surface area contributed by atoms with Gasteiger partial charge in [-0.3, -0.25) is 0 Å². The fourth-order valence-corrected chi connectivity index (χ4v) is 18.6. The van der Waals surface area contributed by atoms with Crippen molar-refractivity contribution in [2.45, 2.75) is 59.2 Å². The zero-order valence-corrected chi connectivity index (χ0v) is 15.6. The van der Waals surface area contributed by atoms with Gasteiger partial charge in [0.1, 0.15) is 19.8 Å². The van der Waals surface area contributed by atoms with Crippen molar-refractivity contribution >= 4 is 16.3 Å². The van der Waals surface area contributed by atoms with Gasteiger partial charge >= 0.3 is 8.48 Å². The molecule has 0 aromatic heterocycles. The first kappa shape index (κ1) is 17.3. The van der Waals surface area contributed by atoms with Crippen LogP contribution in [0, 0.1) is 0 Å². The molecule has 1 unspecified atom stereocenters. The maximum Gasteiger partial charge on any atom is 0.348 e. The zero-order chi connectivity index (χ0) is 14.4. The molecule has 6 heteroatoms. The van der Waals surface area contributed by atoms with Gasteiger partial charge in [0.25, 0.3) is 7.83 Å². The van der Waals surface area contributed by atoms with E-state index in [9.17, 15) is 0 Å². The van der Waals surface area contributed by atoms with E-state index in [0.29, 0.717) is 4.48 Å². The summed E-state index contributed by atoms with van der Waals surface area (Å²) in [5.41, 5.74) is 0. The predicted octanol–water partition coefficient (Wildman–Crippen LogP) is 2.93. The van der Waals surface area contributed by atoms with E-state index >= 15 is 0 Å². The van der Waals surface area contributed by atoms with E-state index in [4.69, 9.17) is 14.1 Å². The van der Waals surface area contributed by atoms with Gasteiger partial charge in [0.2, 0.25) is 0 Å². The Hall–Kier alpha value is 0.274. The van der Waals surface area contributed by atoms with E-state index in [1.165, 1.54) is 24.6 Å². The smallest absolute Gasteiger partial charge is 0.348 e. The molecule has 1 aliphatic heterocycles. The van der Waals surface area contributed by atoms with Gasteiger partial charge in [0, 0.05) is 19.1 Å². The number of quaternary nitrogens is 1. The SMILES string of the molecule is CCO[N+]1(OCC)CCC[SiH]1[Si](CC)(CC)OCC. The minimum absolute atomic E-state index is 0.529. The molecule has 4 nitrogen and oxygen atoms in total. The van der Waals surface area contributed by atoms with E-state index in [1.807, 2.05) is 0 Å². The molecule has 0 aromatic rings. The van der Waals surface area contributed by atoms with Gasteiger partial charge in [-0.25, -0.2) is 0 Å². The van der Waals surface area contributed by atoms with E-state index in [-0.39, 0.29) is 0 Å². The molecule has 1 rings (SSSR count). The van der Waals surface area contributed by atoms with Crippen LogP contribution in [0.4, 0.5) is 0 Å². The third kappa shape index (κ3) is 3.48. The highest BCUT2D eigenvalue weighted by Crippen LogP contribution is 2.36. The number of nitrogens with zero attached hydrogens (tertiary/aromatic N) is 1. The van der Waals surface area contributed by atoms with Crippen molar-refractivity contribution in [3.63, 3.8) is 0 Å². The molecule has 1 atom stereocenters. The number of hydroxylamine groups is 2. The van der Waals surface area contributed by atoms with Crippen LogP contribution in [-0.2, 0) is 14.1 Å². The molecule has 0 aliphatic carbocycles. The number of hydrogen-bond acceptors (Lipinski definition) is 3. The molecule has 1 aliphatic rings. The van der Waals surface area contributed by atoms with Crippen molar-refractivity contribution in [2.24, 2.45) is 0 Å². The topological polar surface area (TPSA) is 27.7 Å². The lowest BCUT2D eigenvalue weighted by atomic mass is 10.5. The lowest BCUT2D eigenvalue weighted by Gasteiger charge is -2.41. The Bertz CT molecular complexity index is 256. The Morgan fingerprint density at radius 3 is 1.95 bits per heavy atom. The van der Waals surface area contributed by atoms with Crippen LogP contribution in [-0.4, -0.2) is 47.2 Å². The van der Waals surface area contributed by atoms with Crippen molar-refractivity contribution in [1.82, 2.24) is 0 Å². The first-order valence-corrected chi connectivity index (χ1v) is 13.4. The van der Waals surface area contributed by atoms with E-state index in [2.05, 4.69) is 34.6 Å². The monoisotopic (exact) mass is 306 g/mol. The molecule has 19 heavy (non-hydrogen) atoms. The van der Waals surface area contributed by atoms with Gasteiger partial charge in [-0.2, -0.15) is 9.68 Å². The highest BCUT2D eigenvalue weighted by Gasteiger charge is 2.62.